The van der Waals surface area contributed by atoms with Crippen molar-refractivity contribution in [3.05, 3.63) is 78.6 Å². The fraction of sp³-hybridized carbons (Fsp3) is 0.0952. The summed E-state index contributed by atoms with van der Waals surface area (Å²) in [7, 11) is -3.86. The third-order valence-corrected chi connectivity index (χ3v) is 5.73. The number of amides is 1. The van der Waals surface area contributed by atoms with Gasteiger partial charge in [-0.15, -0.1) is 0 Å². The summed E-state index contributed by atoms with van der Waals surface area (Å²) in [6.45, 7) is 0.0664. The molecule has 0 saturated carbocycles. The molecule has 0 radical (unpaired) electrons. The summed E-state index contributed by atoms with van der Waals surface area (Å²) >= 11 is 0. The Balaban J connectivity index is 1.41. The van der Waals surface area contributed by atoms with Gasteiger partial charge in [-0.25, -0.2) is 12.8 Å². The summed E-state index contributed by atoms with van der Waals surface area (Å²) in [5.74, 6) is 0.181. The molecule has 1 heterocycles. The van der Waals surface area contributed by atoms with Crippen LogP contribution in [0.3, 0.4) is 0 Å². The predicted molar refractivity (Wildman–Crippen MR) is 109 cm³/mol. The first kappa shape index (κ1) is 19.7. The Morgan fingerprint density at radius 3 is 2.23 bits per heavy atom. The average molecular weight is 428 g/mol. The maximum Gasteiger partial charge on any atom is 0.269 e. The number of sulfonamides is 1. The highest BCUT2D eigenvalue weighted by molar-refractivity contribution is 7.92. The van der Waals surface area contributed by atoms with Crippen molar-refractivity contribution in [3.8, 4) is 11.5 Å². The van der Waals surface area contributed by atoms with Crippen LogP contribution < -0.4 is 19.5 Å². The van der Waals surface area contributed by atoms with Crippen LogP contribution in [-0.2, 0) is 14.8 Å². The Morgan fingerprint density at radius 1 is 0.900 bits per heavy atom. The molecule has 0 aliphatic carbocycles. The van der Waals surface area contributed by atoms with Gasteiger partial charge in [0.15, 0.2) is 11.5 Å². The summed E-state index contributed by atoms with van der Waals surface area (Å²) in [5.41, 5.74) is 0.645. The molecule has 154 valence electrons. The van der Waals surface area contributed by atoms with Crippen LogP contribution in [0.2, 0.25) is 0 Å². The summed E-state index contributed by atoms with van der Waals surface area (Å²) in [6.07, 6.45) is -0.830. The molecule has 3 aromatic rings. The van der Waals surface area contributed by atoms with Crippen molar-refractivity contribution in [2.45, 2.75) is 11.0 Å². The van der Waals surface area contributed by atoms with Crippen LogP contribution in [0, 0.1) is 5.82 Å². The van der Waals surface area contributed by atoms with Gasteiger partial charge in [-0.2, -0.15) is 0 Å². The molecule has 0 fully saturated rings. The van der Waals surface area contributed by atoms with Crippen LogP contribution in [0.4, 0.5) is 15.8 Å². The molecule has 9 heteroatoms. The molecule has 1 amide bonds. The zero-order chi connectivity index (χ0) is 21.1. The van der Waals surface area contributed by atoms with E-state index in [0.717, 1.165) is 12.1 Å². The molecule has 3 aromatic carbocycles. The zero-order valence-electron chi connectivity index (χ0n) is 15.5. The highest BCUT2D eigenvalue weighted by Crippen LogP contribution is 2.31. The van der Waals surface area contributed by atoms with Crippen molar-refractivity contribution in [2.75, 3.05) is 16.6 Å². The van der Waals surface area contributed by atoms with E-state index in [0.29, 0.717) is 17.2 Å². The molecule has 0 aromatic heterocycles. The second-order valence-electron chi connectivity index (χ2n) is 6.49. The summed E-state index contributed by atoms with van der Waals surface area (Å²) < 4.78 is 51.4. The van der Waals surface area contributed by atoms with Gasteiger partial charge in [0.25, 0.3) is 15.9 Å². The quantitative estimate of drug-likeness (QED) is 0.650. The average Bonchev–Trinajstić information content (AvgIpc) is 2.75. The summed E-state index contributed by atoms with van der Waals surface area (Å²) in [6, 6.07) is 17.7. The molecule has 0 saturated heterocycles. The largest absolute Gasteiger partial charge is 0.485 e. The number of fused-ring (bicyclic) bond motifs is 1. The van der Waals surface area contributed by atoms with Gasteiger partial charge in [0, 0.05) is 11.4 Å². The smallest absolute Gasteiger partial charge is 0.269 e. The summed E-state index contributed by atoms with van der Waals surface area (Å²) in [5, 5.41) is 2.68. The van der Waals surface area contributed by atoms with Crippen LogP contribution in [0.25, 0.3) is 0 Å². The molecule has 4 rings (SSSR count). The van der Waals surface area contributed by atoms with E-state index >= 15 is 0 Å². The van der Waals surface area contributed by atoms with Crippen molar-refractivity contribution in [2.24, 2.45) is 0 Å². The number of hydrogen-bond donors (Lipinski definition) is 2. The van der Waals surface area contributed by atoms with Crippen molar-refractivity contribution in [1.29, 1.82) is 0 Å². The lowest BCUT2D eigenvalue weighted by Crippen LogP contribution is -2.40. The van der Waals surface area contributed by atoms with Gasteiger partial charge in [0.1, 0.15) is 12.4 Å². The lowest BCUT2D eigenvalue weighted by Gasteiger charge is -2.25. The molecule has 1 atom stereocenters. The maximum absolute atomic E-state index is 13.0. The number of benzene rings is 3. The zero-order valence-corrected chi connectivity index (χ0v) is 16.4. The monoisotopic (exact) mass is 428 g/mol. The van der Waals surface area contributed by atoms with Gasteiger partial charge in [0.05, 0.1) is 4.90 Å². The van der Waals surface area contributed by atoms with E-state index < -0.39 is 27.9 Å². The molecular weight excluding hydrogens is 411 g/mol. The Kier molecular flexibility index (Phi) is 5.28. The summed E-state index contributed by atoms with van der Waals surface area (Å²) in [4.78, 5) is 12.4. The van der Waals surface area contributed by atoms with Crippen molar-refractivity contribution in [3.63, 3.8) is 0 Å². The van der Waals surface area contributed by atoms with Crippen LogP contribution in [0.15, 0.2) is 77.7 Å². The van der Waals surface area contributed by atoms with Crippen molar-refractivity contribution in [1.82, 2.24) is 0 Å². The first-order valence-corrected chi connectivity index (χ1v) is 10.5. The Labute approximate surface area is 172 Å². The topological polar surface area (TPSA) is 93.7 Å². The second-order valence-corrected chi connectivity index (χ2v) is 8.17. The molecule has 1 aliphatic heterocycles. The predicted octanol–water partition coefficient (Wildman–Crippen LogP) is 3.41. The number of carbonyl (C=O) groups excluding carboxylic acids is 1. The SMILES string of the molecule is O=C(Nc1ccc(S(=O)(=O)Nc2ccc(F)cc2)cc1)C1COc2ccccc2O1. The van der Waals surface area contributed by atoms with Crippen LogP contribution in [0.1, 0.15) is 0 Å². The minimum Gasteiger partial charge on any atom is -0.485 e. The van der Waals surface area contributed by atoms with E-state index in [9.17, 15) is 17.6 Å². The molecule has 2 N–H and O–H groups in total. The number of rotatable bonds is 5. The highest BCUT2D eigenvalue weighted by atomic mass is 32.2. The number of hydrogen-bond acceptors (Lipinski definition) is 5. The van der Waals surface area contributed by atoms with E-state index in [4.69, 9.17) is 9.47 Å². The maximum atomic E-state index is 13.0. The van der Waals surface area contributed by atoms with Crippen molar-refractivity contribution < 1.29 is 27.1 Å². The molecule has 0 spiro atoms. The Hall–Kier alpha value is -3.59. The lowest BCUT2D eigenvalue weighted by molar-refractivity contribution is -0.125. The Morgan fingerprint density at radius 2 is 1.53 bits per heavy atom. The minimum atomic E-state index is -3.86. The first-order valence-electron chi connectivity index (χ1n) is 8.98. The number of carbonyl (C=O) groups is 1. The van der Waals surface area contributed by atoms with Gasteiger partial charge < -0.3 is 14.8 Å². The van der Waals surface area contributed by atoms with E-state index in [2.05, 4.69) is 10.0 Å². The fourth-order valence-corrected chi connectivity index (χ4v) is 3.88. The number of nitrogens with one attached hydrogen (secondary N) is 2. The van der Waals surface area contributed by atoms with Gasteiger partial charge in [-0.05, 0) is 60.7 Å². The van der Waals surface area contributed by atoms with E-state index in [1.807, 2.05) is 6.07 Å². The first-order chi connectivity index (χ1) is 14.4. The normalized spacial score (nSPS) is 15.3. The third kappa shape index (κ3) is 4.36. The van der Waals surface area contributed by atoms with Crippen LogP contribution in [0.5, 0.6) is 11.5 Å². The van der Waals surface area contributed by atoms with Gasteiger partial charge in [-0.1, -0.05) is 12.1 Å². The molecule has 1 aliphatic rings. The van der Waals surface area contributed by atoms with Crippen LogP contribution in [-0.4, -0.2) is 27.0 Å². The standard InChI is InChI=1S/C21H17FN2O5S/c22-14-5-7-16(8-6-14)24-30(26,27)17-11-9-15(10-12-17)23-21(25)20-13-28-18-3-1-2-4-19(18)29-20/h1-12,20,24H,13H2,(H,23,25). The second kappa shape index (κ2) is 8.03. The third-order valence-electron chi connectivity index (χ3n) is 4.33. The molecule has 7 nitrogen and oxygen atoms in total. The van der Waals surface area contributed by atoms with E-state index in [1.165, 1.54) is 36.4 Å². The van der Waals surface area contributed by atoms with Crippen LogP contribution >= 0.6 is 0 Å². The van der Waals surface area contributed by atoms with E-state index in [-0.39, 0.29) is 17.2 Å². The minimum absolute atomic E-state index is 0.00370. The number of ether oxygens (including phenoxy) is 2. The molecular formula is C21H17FN2O5S. The van der Waals surface area contributed by atoms with Gasteiger partial charge in [0.2, 0.25) is 6.10 Å². The van der Waals surface area contributed by atoms with Crippen molar-refractivity contribution >= 4 is 27.3 Å². The molecule has 0 bridgehead atoms. The molecule has 1 unspecified atom stereocenters. The fourth-order valence-electron chi connectivity index (χ4n) is 2.82. The highest BCUT2D eigenvalue weighted by Gasteiger charge is 2.27. The van der Waals surface area contributed by atoms with Gasteiger partial charge in [-0.3, -0.25) is 9.52 Å². The number of halogens is 1. The Bertz CT molecular complexity index is 1160. The number of para-hydroxylation sites is 2. The van der Waals surface area contributed by atoms with E-state index in [1.54, 1.807) is 18.2 Å². The lowest BCUT2D eigenvalue weighted by atomic mass is 10.2. The molecule has 30 heavy (non-hydrogen) atoms. The number of anilines is 2. The van der Waals surface area contributed by atoms with Gasteiger partial charge >= 0.3 is 0 Å².